The highest BCUT2D eigenvalue weighted by Crippen LogP contribution is 2.19. The van der Waals surface area contributed by atoms with Gasteiger partial charge in [-0.25, -0.2) is 9.97 Å². The summed E-state index contributed by atoms with van der Waals surface area (Å²) < 4.78 is 0. The van der Waals surface area contributed by atoms with Crippen molar-refractivity contribution in [2.75, 3.05) is 0 Å². The molecule has 0 amide bonds. The van der Waals surface area contributed by atoms with Gasteiger partial charge in [0.15, 0.2) is 0 Å². The van der Waals surface area contributed by atoms with E-state index >= 15 is 0 Å². The Morgan fingerprint density at radius 2 is 1.82 bits per heavy atom. The molecule has 17 heavy (non-hydrogen) atoms. The molecule has 0 saturated heterocycles. The van der Waals surface area contributed by atoms with Crippen molar-refractivity contribution < 1.29 is 0 Å². The smallest absolute Gasteiger partial charge is 0.130 e. The fourth-order valence-electron chi connectivity index (χ4n) is 1.66. The zero-order valence-corrected chi connectivity index (χ0v) is 10.2. The summed E-state index contributed by atoms with van der Waals surface area (Å²) in [6.45, 7) is 4.73. The topological polar surface area (TPSA) is 51.8 Å². The SMILES string of the molecule is CC(C)c1ncc(-c2cccc(CN)c2)cn1. The summed E-state index contributed by atoms with van der Waals surface area (Å²) in [5, 5.41) is 0. The summed E-state index contributed by atoms with van der Waals surface area (Å²) in [5.41, 5.74) is 8.90. The normalized spacial score (nSPS) is 10.8. The molecule has 0 unspecified atom stereocenters. The van der Waals surface area contributed by atoms with E-state index in [0.717, 1.165) is 22.5 Å². The third kappa shape index (κ3) is 2.68. The van der Waals surface area contributed by atoms with E-state index in [1.165, 1.54) is 0 Å². The Kier molecular flexibility index (Phi) is 3.49. The zero-order chi connectivity index (χ0) is 12.3. The lowest BCUT2D eigenvalue weighted by Crippen LogP contribution is -1.98. The standard InChI is InChI=1S/C14H17N3/c1-10(2)14-16-8-13(9-17-14)12-5-3-4-11(6-12)7-15/h3-6,8-10H,7,15H2,1-2H3. The molecule has 0 fully saturated rings. The maximum Gasteiger partial charge on any atom is 0.130 e. The van der Waals surface area contributed by atoms with E-state index in [2.05, 4.69) is 29.9 Å². The monoisotopic (exact) mass is 227 g/mol. The van der Waals surface area contributed by atoms with E-state index in [0.29, 0.717) is 12.5 Å². The molecule has 0 bridgehead atoms. The number of benzene rings is 1. The molecule has 0 aliphatic heterocycles. The highest BCUT2D eigenvalue weighted by atomic mass is 14.9. The maximum absolute atomic E-state index is 5.63. The highest BCUT2D eigenvalue weighted by molar-refractivity contribution is 5.62. The van der Waals surface area contributed by atoms with E-state index in [4.69, 9.17) is 5.73 Å². The first-order chi connectivity index (χ1) is 8.20. The lowest BCUT2D eigenvalue weighted by atomic mass is 10.1. The van der Waals surface area contributed by atoms with Crippen molar-refractivity contribution >= 4 is 0 Å². The molecule has 1 heterocycles. The van der Waals surface area contributed by atoms with Gasteiger partial charge in [0.05, 0.1) is 0 Å². The predicted molar refractivity (Wildman–Crippen MR) is 69.4 cm³/mol. The van der Waals surface area contributed by atoms with Gasteiger partial charge in [0.2, 0.25) is 0 Å². The predicted octanol–water partition coefficient (Wildman–Crippen LogP) is 2.73. The Morgan fingerprint density at radius 3 is 2.41 bits per heavy atom. The first kappa shape index (κ1) is 11.7. The van der Waals surface area contributed by atoms with Gasteiger partial charge in [0.25, 0.3) is 0 Å². The van der Waals surface area contributed by atoms with E-state index in [1.807, 2.05) is 30.6 Å². The van der Waals surface area contributed by atoms with E-state index in [1.54, 1.807) is 0 Å². The van der Waals surface area contributed by atoms with Crippen LogP contribution in [0.25, 0.3) is 11.1 Å². The lowest BCUT2D eigenvalue weighted by molar-refractivity contribution is 0.775. The summed E-state index contributed by atoms with van der Waals surface area (Å²) >= 11 is 0. The molecule has 88 valence electrons. The number of nitrogens with zero attached hydrogens (tertiary/aromatic N) is 2. The Bertz CT molecular complexity index is 489. The lowest BCUT2D eigenvalue weighted by Gasteiger charge is -2.06. The molecule has 2 aromatic rings. The maximum atomic E-state index is 5.63. The molecule has 1 aromatic heterocycles. The molecule has 0 saturated carbocycles. The zero-order valence-electron chi connectivity index (χ0n) is 10.2. The van der Waals surface area contributed by atoms with E-state index in [9.17, 15) is 0 Å². The van der Waals surface area contributed by atoms with Crippen molar-refractivity contribution in [2.24, 2.45) is 5.73 Å². The molecule has 2 N–H and O–H groups in total. The van der Waals surface area contributed by atoms with Crippen molar-refractivity contribution in [1.29, 1.82) is 0 Å². The minimum absolute atomic E-state index is 0.361. The second-order valence-electron chi connectivity index (χ2n) is 4.39. The van der Waals surface area contributed by atoms with Crippen LogP contribution < -0.4 is 5.73 Å². The second kappa shape index (κ2) is 5.06. The van der Waals surface area contributed by atoms with Gasteiger partial charge in [0.1, 0.15) is 5.82 Å². The Labute approximate surface area is 102 Å². The highest BCUT2D eigenvalue weighted by Gasteiger charge is 2.04. The summed E-state index contributed by atoms with van der Waals surface area (Å²) in [6.07, 6.45) is 3.75. The van der Waals surface area contributed by atoms with Crippen LogP contribution in [0, 0.1) is 0 Å². The van der Waals surface area contributed by atoms with Gasteiger partial charge in [-0.1, -0.05) is 32.0 Å². The number of hydrogen-bond donors (Lipinski definition) is 1. The van der Waals surface area contributed by atoms with Crippen molar-refractivity contribution in [1.82, 2.24) is 9.97 Å². The van der Waals surface area contributed by atoms with E-state index in [-0.39, 0.29) is 0 Å². The van der Waals surface area contributed by atoms with Gasteiger partial charge in [0, 0.05) is 30.4 Å². The average molecular weight is 227 g/mol. The van der Waals surface area contributed by atoms with Crippen molar-refractivity contribution in [2.45, 2.75) is 26.3 Å². The molecule has 0 aliphatic carbocycles. The Morgan fingerprint density at radius 1 is 1.12 bits per heavy atom. The quantitative estimate of drug-likeness (QED) is 0.877. The van der Waals surface area contributed by atoms with Crippen molar-refractivity contribution in [3.05, 3.63) is 48.0 Å². The molecule has 0 radical (unpaired) electrons. The van der Waals surface area contributed by atoms with Gasteiger partial charge in [-0.3, -0.25) is 0 Å². The summed E-state index contributed by atoms with van der Waals surface area (Å²) in [5.74, 6) is 1.24. The number of nitrogens with two attached hydrogens (primary N) is 1. The fraction of sp³-hybridized carbons (Fsp3) is 0.286. The van der Waals surface area contributed by atoms with Crippen LogP contribution in [0.2, 0.25) is 0 Å². The van der Waals surface area contributed by atoms with Crippen LogP contribution in [-0.2, 0) is 6.54 Å². The molecule has 0 aliphatic rings. The summed E-state index contributed by atoms with van der Waals surface area (Å²) in [6, 6.07) is 8.15. The Balaban J connectivity index is 2.32. The minimum Gasteiger partial charge on any atom is -0.326 e. The van der Waals surface area contributed by atoms with Gasteiger partial charge in [-0.2, -0.15) is 0 Å². The van der Waals surface area contributed by atoms with Crippen LogP contribution in [-0.4, -0.2) is 9.97 Å². The molecule has 0 spiro atoms. The van der Waals surface area contributed by atoms with Crippen LogP contribution in [0.5, 0.6) is 0 Å². The first-order valence-corrected chi connectivity index (χ1v) is 5.82. The average Bonchev–Trinajstić information content (AvgIpc) is 2.39. The second-order valence-corrected chi connectivity index (χ2v) is 4.39. The molecule has 3 nitrogen and oxygen atoms in total. The van der Waals surface area contributed by atoms with Crippen molar-refractivity contribution in [3.8, 4) is 11.1 Å². The van der Waals surface area contributed by atoms with Gasteiger partial charge in [-0.05, 0) is 17.2 Å². The molecule has 1 aromatic carbocycles. The van der Waals surface area contributed by atoms with Gasteiger partial charge >= 0.3 is 0 Å². The summed E-state index contributed by atoms with van der Waals surface area (Å²) in [4.78, 5) is 8.74. The van der Waals surface area contributed by atoms with Crippen LogP contribution in [0.1, 0.15) is 31.2 Å². The van der Waals surface area contributed by atoms with Gasteiger partial charge < -0.3 is 5.73 Å². The fourth-order valence-corrected chi connectivity index (χ4v) is 1.66. The third-order valence-corrected chi connectivity index (χ3v) is 2.68. The third-order valence-electron chi connectivity index (χ3n) is 2.68. The van der Waals surface area contributed by atoms with Crippen LogP contribution in [0.15, 0.2) is 36.7 Å². The van der Waals surface area contributed by atoms with Gasteiger partial charge in [-0.15, -0.1) is 0 Å². The molecular weight excluding hydrogens is 210 g/mol. The largest absolute Gasteiger partial charge is 0.326 e. The number of hydrogen-bond acceptors (Lipinski definition) is 3. The van der Waals surface area contributed by atoms with Crippen LogP contribution >= 0.6 is 0 Å². The first-order valence-electron chi connectivity index (χ1n) is 5.82. The summed E-state index contributed by atoms with van der Waals surface area (Å²) in [7, 11) is 0. The molecule has 2 rings (SSSR count). The van der Waals surface area contributed by atoms with Crippen molar-refractivity contribution in [3.63, 3.8) is 0 Å². The van der Waals surface area contributed by atoms with Crippen LogP contribution in [0.4, 0.5) is 0 Å². The van der Waals surface area contributed by atoms with E-state index < -0.39 is 0 Å². The Hall–Kier alpha value is -1.74. The number of rotatable bonds is 3. The molecule has 0 atom stereocenters. The molecular formula is C14H17N3. The number of aromatic nitrogens is 2. The minimum atomic E-state index is 0.361. The molecule has 3 heteroatoms. The van der Waals surface area contributed by atoms with Crippen LogP contribution in [0.3, 0.4) is 0 Å².